The van der Waals surface area contributed by atoms with E-state index in [2.05, 4.69) is 47.7 Å². The first-order chi connectivity index (χ1) is 8.99. The van der Waals surface area contributed by atoms with Crippen molar-refractivity contribution in [3.8, 4) is 0 Å². The number of aryl methyl sites for hydroxylation is 1. The zero-order valence-corrected chi connectivity index (χ0v) is 12.9. The Morgan fingerprint density at radius 3 is 2.32 bits per heavy atom. The monoisotopic (exact) mass is 265 g/mol. The molecule has 0 aliphatic carbocycles. The van der Waals surface area contributed by atoms with E-state index in [9.17, 15) is 0 Å². The first-order valence-electron chi connectivity index (χ1n) is 7.02. The summed E-state index contributed by atoms with van der Waals surface area (Å²) in [5, 5.41) is 0. The Hall–Kier alpha value is -1.36. The number of nitrogen functional groups attached to an aromatic ring is 1. The van der Waals surface area contributed by atoms with Crippen molar-refractivity contribution in [2.24, 2.45) is 0 Å². The Kier molecular flexibility index (Phi) is 6.02. The van der Waals surface area contributed by atoms with Crippen LogP contribution in [0.4, 0.5) is 11.6 Å². The number of nitrogens with two attached hydrogens (primary N) is 1. The van der Waals surface area contributed by atoms with Gasteiger partial charge in [0, 0.05) is 25.1 Å². The van der Waals surface area contributed by atoms with Crippen LogP contribution >= 0.6 is 0 Å². The summed E-state index contributed by atoms with van der Waals surface area (Å²) >= 11 is 0. The molecule has 19 heavy (non-hydrogen) atoms. The van der Waals surface area contributed by atoms with E-state index in [1.807, 2.05) is 6.92 Å². The fourth-order valence-corrected chi connectivity index (χ4v) is 2.03. The molecule has 0 bridgehead atoms. The molecule has 0 aliphatic rings. The van der Waals surface area contributed by atoms with E-state index < -0.39 is 0 Å². The lowest BCUT2D eigenvalue weighted by Crippen LogP contribution is -2.29. The first-order valence-corrected chi connectivity index (χ1v) is 7.02. The lowest BCUT2D eigenvalue weighted by Gasteiger charge is -2.25. The van der Waals surface area contributed by atoms with Crippen LogP contribution in [-0.4, -0.2) is 48.6 Å². The molecule has 0 unspecified atom stereocenters. The molecule has 0 saturated heterocycles. The third-order valence-electron chi connectivity index (χ3n) is 3.23. The molecule has 0 saturated carbocycles. The summed E-state index contributed by atoms with van der Waals surface area (Å²) in [4.78, 5) is 13.4. The zero-order chi connectivity index (χ0) is 14.4. The first kappa shape index (κ1) is 15.7. The minimum Gasteiger partial charge on any atom is -0.383 e. The minimum atomic E-state index is 0.605. The quantitative estimate of drug-likeness (QED) is 0.813. The van der Waals surface area contributed by atoms with Crippen molar-refractivity contribution < 1.29 is 0 Å². The smallest absolute Gasteiger partial charge is 0.137 e. The van der Waals surface area contributed by atoms with Crippen molar-refractivity contribution in [2.45, 2.75) is 33.6 Å². The normalized spacial score (nSPS) is 11.1. The Morgan fingerprint density at radius 2 is 1.79 bits per heavy atom. The highest BCUT2D eigenvalue weighted by atomic mass is 15.2. The van der Waals surface area contributed by atoms with Crippen molar-refractivity contribution in [3.63, 3.8) is 0 Å². The molecule has 5 nitrogen and oxygen atoms in total. The molecule has 0 aromatic carbocycles. The summed E-state index contributed by atoms with van der Waals surface area (Å²) in [6.07, 6.45) is 1.93. The fourth-order valence-electron chi connectivity index (χ4n) is 2.03. The molecule has 0 aliphatic heterocycles. The summed E-state index contributed by atoms with van der Waals surface area (Å²) in [6.45, 7) is 9.22. The average Bonchev–Trinajstić information content (AvgIpc) is 2.38. The van der Waals surface area contributed by atoms with Gasteiger partial charge in [-0.25, -0.2) is 9.97 Å². The second-order valence-corrected chi connectivity index (χ2v) is 5.06. The number of nitrogens with zero attached hydrogens (tertiary/aromatic N) is 4. The van der Waals surface area contributed by atoms with E-state index in [1.165, 1.54) is 0 Å². The van der Waals surface area contributed by atoms with Gasteiger partial charge in [-0.15, -0.1) is 0 Å². The summed E-state index contributed by atoms with van der Waals surface area (Å²) in [5.41, 5.74) is 6.97. The van der Waals surface area contributed by atoms with Crippen molar-refractivity contribution in [1.29, 1.82) is 0 Å². The maximum absolute atomic E-state index is 5.98. The van der Waals surface area contributed by atoms with Crippen molar-refractivity contribution >= 4 is 11.6 Å². The Bertz CT molecular complexity index is 403. The maximum Gasteiger partial charge on any atom is 0.137 e. The second-order valence-electron chi connectivity index (χ2n) is 5.06. The van der Waals surface area contributed by atoms with Gasteiger partial charge in [0.25, 0.3) is 0 Å². The van der Waals surface area contributed by atoms with E-state index in [-0.39, 0.29) is 0 Å². The van der Waals surface area contributed by atoms with Crippen LogP contribution in [0.3, 0.4) is 0 Å². The number of aromatic nitrogens is 2. The van der Waals surface area contributed by atoms with Gasteiger partial charge >= 0.3 is 0 Å². The Labute approximate surface area is 116 Å². The maximum atomic E-state index is 5.98. The van der Waals surface area contributed by atoms with Crippen LogP contribution in [0.15, 0.2) is 0 Å². The van der Waals surface area contributed by atoms with Crippen LogP contribution in [-0.2, 0) is 6.42 Å². The van der Waals surface area contributed by atoms with Crippen LogP contribution < -0.4 is 10.6 Å². The summed E-state index contributed by atoms with van der Waals surface area (Å²) in [5.74, 6) is 2.42. The lowest BCUT2D eigenvalue weighted by molar-refractivity contribution is 0.400. The van der Waals surface area contributed by atoms with Crippen LogP contribution in [0.1, 0.15) is 31.7 Å². The molecule has 1 rings (SSSR count). The summed E-state index contributed by atoms with van der Waals surface area (Å²) < 4.78 is 0. The molecule has 0 spiro atoms. The topological polar surface area (TPSA) is 58.3 Å². The van der Waals surface area contributed by atoms with Gasteiger partial charge in [0.2, 0.25) is 0 Å². The molecule has 1 heterocycles. The van der Waals surface area contributed by atoms with Gasteiger partial charge in [-0.2, -0.15) is 0 Å². The van der Waals surface area contributed by atoms with E-state index in [0.717, 1.165) is 49.7 Å². The van der Waals surface area contributed by atoms with Crippen LogP contribution in [0.2, 0.25) is 0 Å². The Morgan fingerprint density at radius 1 is 1.11 bits per heavy atom. The van der Waals surface area contributed by atoms with E-state index in [1.54, 1.807) is 0 Å². The molecular weight excluding hydrogens is 238 g/mol. The Balaban J connectivity index is 2.87. The molecular formula is C14H27N5. The number of anilines is 2. The van der Waals surface area contributed by atoms with Gasteiger partial charge in [0.1, 0.15) is 17.5 Å². The number of rotatable bonds is 7. The third kappa shape index (κ3) is 4.35. The molecule has 0 amide bonds. The van der Waals surface area contributed by atoms with Crippen LogP contribution in [0.25, 0.3) is 0 Å². The largest absolute Gasteiger partial charge is 0.383 e. The van der Waals surface area contributed by atoms with Gasteiger partial charge in [-0.1, -0.05) is 6.92 Å². The molecule has 1 aromatic rings. The van der Waals surface area contributed by atoms with Gasteiger partial charge in [0.05, 0.1) is 0 Å². The third-order valence-corrected chi connectivity index (χ3v) is 3.23. The van der Waals surface area contributed by atoms with Crippen molar-refractivity contribution in [2.75, 3.05) is 44.4 Å². The highest BCUT2D eigenvalue weighted by molar-refractivity contribution is 5.56. The summed E-state index contributed by atoms with van der Waals surface area (Å²) in [6, 6.07) is 0. The highest BCUT2D eigenvalue weighted by Gasteiger charge is 2.13. The van der Waals surface area contributed by atoms with Gasteiger partial charge in [0.15, 0.2) is 0 Å². The molecule has 0 fully saturated rings. The van der Waals surface area contributed by atoms with Crippen molar-refractivity contribution in [3.05, 3.63) is 11.4 Å². The average molecular weight is 265 g/mol. The fraction of sp³-hybridized carbons (Fsp3) is 0.714. The predicted molar refractivity (Wildman–Crippen MR) is 81.6 cm³/mol. The van der Waals surface area contributed by atoms with Crippen LogP contribution in [0.5, 0.6) is 0 Å². The van der Waals surface area contributed by atoms with Gasteiger partial charge in [-0.3, -0.25) is 0 Å². The number of hydrogen-bond donors (Lipinski definition) is 1. The molecule has 0 radical (unpaired) electrons. The minimum absolute atomic E-state index is 0.605. The molecule has 108 valence electrons. The summed E-state index contributed by atoms with van der Waals surface area (Å²) in [7, 11) is 4.19. The van der Waals surface area contributed by atoms with E-state index in [4.69, 9.17) is 5.73 Å². The van der Waals surface area contributed by atoms with E-state index >= 15 is 0 Å². The van der Waals surface area contributed by atoms with E-state index in [0.29, 0.717) is 5.82 Å². The second kappa shape index (κ2) is 7.28. The SMILES string of the molecule is CCc1nc(N)c(C)c(N(CC)CCCN(C)C)n1. The molecule has 1 aromatic heterocycles. The van der Waals surface area contributed by atoms with Crippen molar-refractivity contribution in [1.82, 2.24) is 14.9 Å². The predicted octanol–water partition coefficient (Wildman–Crippen LogP) is 1.71. The number of hydrogen-bond acceptors (Lipinski definition) is 5. The molecule has 0 atom stereocenters. The van der Waals surface area contributed by atoms with Gasteiger partial charge in [-0.05, 0) is 40.9 Å². The molecule has 2 N–H and O–H groups in total. The zero-order valence-electron chi connectivity index (χ0n) is 12.9. The molecule has 5 heteroatoms. The van der Waals surface area contributed by atoms with Gasteiger partial charge < -0.3 is 15.5 Å². The lowest BCUT2D eigenvalue weighted by atomic mass is 10.2. The standard InChI is InChI=1S/C14H27N5/c1-6-12-16-13(15)11(3)14(17-12)19(7-2)10-8-9-18(4)5/h6-10H2,1-5H3,(H2,15,16,17). The van der Waals surface area contributed by atoms with Crippen LogP contribution in [0, 0.1) is 6.92 Å². The highest BCUT2D eigenvalue weighted by Crippen LogP contribution is 2.21.